The molecule has 8 nitrogen and oxygen atoms in total. The van der Waals surface area contributed by atoms with Crippen molar-refractivity contribution in [2.45, 2.75) is 18.7 Å². The number of amides is 1. The summed E-state index contributed by atoms with van der Waals surface area (Å²) in [5.74, 6) is -0.562. The molecule has 0 saturated carbocycles. The van der Waals surface area contributed by atoms with Crippen LogP contribution < -0.4 is 14.4 Å². The van der Waals surface area contributed by atoms with E-state index >= 15 is 0 Å². The Morgan fingerprint density at radius 2 is 1.65 bits per heavy atom. The van der Waals surface area contributed by atoms with Crippen LogP contribution in [-0.4, -0.2) is 40.6 Å². The van der Waals surface area contributed by atoms with Gasteiger partial charge < -0.3 is 14.8 Å². The molecule has 0 aliphatic heterocycles. The van der Waals surface area contributed by atoms with Crippen LogP contribution in [0.1, 0.15) is 22.8 Å². The molecule has 0 atom stereocenters. The monoisotopic (exact) mass is 482 g/mol. The summed E-state index contributed by atoms with van der Waals surface area (Å²) in [7, 11) is -2.57. The Kier molecular flexibility index (Phi) is 7.91. The van der Waals surface area contributed by atoms with Gasteiger partial charge in [-0.1, -0.05) is 23.8 Å². The molecule has 1 amide bonds. The number of hydrogen-bond acceptors (Lipinski definition) is 6. The smallest absolute Gasteiger partial charge is 0.338 e. The van der Waals surface area contributed by atoms with Crippen LogP contribution in [0, 0.1) is 6.92 Å². The van der Waals surface area contributed by atoms with E-state index in [-0.39, 0.29) is 17.2 Å². The Bertz CT molecular complexity index is 1260. The van der Waals surface area contributed by atoms with Gasteiger partial charge >= 0.3 is 5.97 Å². The maximum Gasteiger partial charge on any atom is 0.338 e. The fourth-order valence-electron chi connectivity index (χ4n) is 3.15. The topological polar surface area (TPSA) is 102 Å². The van der Waals surface area contributed by atoms with Crippen LogP contribution in [0.25, 0.3) is 0 Å². The Morgan fingerprint density at radius 1 is 0.971 bits per heavy atom. The number of nitrogens with one attached hydrogen (secondary N) is 1. The van der Waals surface area contributed by atoms with E-state index in [0.29, 0.717) is 17.0 Å². The quantitative estimate of drug-likeness (QED) is 0.462. The van der Waals surface area contributed by atoms with Crippen LogP contribution in [0.4, 0.5) is 11.4 Å². The largest absolute Gasteiger partial charge is 0.497 e. The fourth-order valence-corrected chi connectivity index (χ4v) is 4.57. The van der Waals surface area contributed by atoms with Crippen LogP contribution >= 0.6 is 0 Å². The molecule has 0 fully saturated rings. The van der Waals surface area contributed by atoms with Gasteiger partial charge in [0.05, 0.1) is 29.9 Å². The molecule has 0 unspecified atom stereocenters. The number of carbonyl (C=O) groups excluding carboxylic acids is 2. The number of ether oxygens (including phenoxy) is 2. The van der Waals surface area contributed by atoms with Gasteiger partial charge in [0, 0.05) is 11.8 Å². The predicted octanol–water partition coefficient (Wildman–Crippen LogP) is 4.01. The van der Waals surface area contributed by atoms with E-state index in [2.05, 4.69) is 5.32 Å². The van der Waals surface area contributed by atoms with Gasteiger partial charge in [0.25, 0.3) is 10.0 Å². The highest BCUT2D eigenvalue weighted by atomic mass is 32.2. The van der Waals surface area contributed by atoms with Gasteiger partial charge in [0.2, 0.25) is 5.91 Å². The molecule has 0 aliphatic rings. The zero-order chi connectivity index (χ0) is 24.7. The summed E-state index contributed by atoms with van der Waals surface area (Å²) in [5, 5.41) is 2.67. The maximum absolute atomic E-state index is 13.5. The summed E-state index contributed by atoms with van der Waals surface area (Å²) >= 11 is 0. The zero-order valence-electron chi connectivity index (χ0n) is 19.1. The summed E-state index contributed by atoms with van der Waals surface area (Å²) < 4.78 is 38.1. The number of rotatable bonds is 9. The minimum atomic E-state index is -4.05. The summed E-state index contributed by atoms with van der Waals surface area (Å²) in [5.41, 5.74) is 1.96. The highest BCUT2D eigenvalue weighted by Gasteiger charge is 2.27. The van der Waals surface area contributed by atoms with Crippen molar-refractivity contribution >= 4 is 33.3 Å². The lowest BCUT2D eigenvalue weighted by Crippen LogP contribution is -2.38. The van der Waals surface area contributed by atoms with Gasteiger partial charge in [-0.25, -0.2) is 13.2 Å². The fraction of sp³-hybridized carbons (Fsp3) is 0.200. The van der Waals surface area contributed by atoms with E-state index < -0.39 is 28.4 Å². The van der Waals surface area contributed by atoms with Gasteiger partial charge in [-0.2, -0.15) is 0 Å². The lowest BCUT2D eigenvalue weighted by atomic mass is 10.2. The van der Waals surface area contributed by atoms with E-state index in [1.807, 2.05) is 6.92 Å². The summed E-state index contributed by atoms with van der Waals surface area (Å²) in [6, 6.07) is 19.0. The first-order valence-electron chi connectivity index (χ1n) is 10.5. The highest BCUT2D eigenvalue weighted by molar-refractivity contribution is 7.92. The summed E-state index contributed by atoms with van der Waals surface area (Å²) in [6.45, 7) is 3.36. The molecule has 0 heterocycles. The second-order valence-corrected chi connectivity index (χ2v) is 9.23. The predicted molar refractivity (Wildman–Crippen MR) is 130 cm³/mol. The number of esters is 1. The van der Waals surface area contributed by atoms with Crippen molar-refractivity contribution in [2.75, 3.05) is 29.9 Å². The first-order valence-corrected chi connectivity index (χ1v) is 12.0. The number of sulfonamides is 1. The first-order chi connectivity index (χ1) is 16.2. The van der Waals surface area contributed by atoms with E-state index in [4.69, 9.17) is 9.47 Å². The van der Waals surface area contributed by atoms with Crippen LogP contribution in [0.5, 0.6) is 5.75 Å². The molecule has 9 heteroatoms. The molecule has 1 N–H and O–H groups in total. The lowest BCUT2D eigenvalue weighted by Gasteiger charge is -2.24. The molecule has 178 valence electrons. The molecule has 0 spiro atoms. The normalized spacial score (nSPS) is 10.9. The number of hydrogen-bond donors (Lipinski definition) is 1. The molecule has 3 rings (SSSR count). The van der Waals surface area contributed by atoms with Crippen molar-refractivity contribution in [1.29, 1.82) is 0 Å². The van der Waals surface area contributed by atoms with E-state index in [9.17, 15) is 18.0 Å². The molecule has 0 radical (unpaired) electrons. The molecule has 3 aromatic carbocycles. The van der Waals surface area contributed by atoms with Gasteiger partial charge in [-0.05, 0) is 62.4 Å². The summed E-state index contributed by atoms with van der Waals surface area (Å²) in [4.78, 5) is 24.7. The van der Waals surface area contributed by atoms with E-state index in [1.165, 1.54) is 31.4 Å². The van der Waals surface area contributed by atoms with Crippen LogP contribution in [0.2, 0.25) is 0 Å². The van der Waals surface area contributed by atoms with Crippen molar-refractivity contribution in [3.8, 4) is 5.75 Å². The Labute approximate surface area is 199 Å². The Balaban J connectivity index is 1.87. The third-order valence-corrected chi connectivity index (χ3v) is 6.71. The van der Waals surface area contributed by atoms with Crippen LogP contribution in [0.15, 0.2) is 77.7 Å². The number of anilines is 2. The molecule has 0 bridgehead atoms. The number of carbonyl (C=O) groups is 2. The van der Waals surface area contributed by atoms with E-state index in [1.54, 1.807) is 55.5 Å². The van der Waals surface area contributed by atoms with Crippen molar-refractivity contribution in [1.82, 2.24) is 0 Å². The van der Waals surface area contributed by atoms with Crippen LogP contribution in [-0.2, 0) is 19.6 Å². The molecule has 0 saturated heterocycles. The van der Waals surface area contributed by atoms with E-state index in [0.717, 1.165) is 9.87 Å². The Morgan fingerprint density at radius 3 is 2.26 bits per heavy atom. The zero-order valence-corrected chi connectivity index (χ0v) is 20.0. The third-order valence-electron chi connectivity index (χ3n) is 4.92. The molecule has 0 aromatic heterocycles. The minimum absolute atomic E-state index is 0.0625. The number of nitrogens with zero attached hydrogens (tertiary/aromatic N) is 1. The third kappa shape index (κ3) is 5.93. The second kappa shape index (κ2) is 10.8. The number of aryl methyl sites for hydroxylation is 1. The van der Waals surface area contributed by atoms with Crippen molar-refractivity contribution in [3.05, 3.63) is 83.9 Å². The number of benzene rings is 3. The first kappa shape index (κ1) is 24.8. The second-order valence-electron chi connectivity index (χ2n) is 7.37. The van der Waals surface area contributed by atoms with Crippen molar-refractivity contribution in [3.63, 3.8) is 0 Å². The Hall–Kier alpha value is -3.85. The minimum Gasteiger partial charge on any atom is -0.497 e. The average molecular weight is 483 g/mol. The summed E-state index contributed by atoms with van der Waals surface area (Å²) in [6.07, 6.45) is 0. The maximum atomic E-state index is 13.5. The van der Waals surface area contributed by atoms with Crippen LogP contribution in [0.3, 0.4) is 0 Å². The average Bonchev–Trinajstić information content (AvgIpc) is 2.83. The van der Waals surface area contributed by atoms with Gasteiger partial charge in [0.1, 0.15) is 12.3 Å². The van der Waals surface area contributed by atoms with Gasteiger partial charge in [-0.15, -0.1) is 0 Å². The molecular formula is C25H26N2O6S. The van der Waals surface area contributed by atoms with Crippen molar-refractivity contribution in [2.24, 2.45) is 0 Å². The lowest BCUT2D eigenvalue weighted by molar-refractivity contribution is -0.114. The van der Waals surface area contributed by atoms with Gasteiger partial charge in [0.15, 0.2) is 0 Å². The van der Waals surface area contributed by atoms with Crippen molar-refractivity contribution < 1.29 is 27.5 Å². The molecule has 0 aliphatic carbocycles. The number of methoxy groups -OCH3 is 1. The molecule has 3 aromatic rings. The van der Waals surface area contributed by atoms with Gasteiger partial charge in [-0.3, -0.25) is 9.10 Å². The standard InChI is InChI=1S/C25H26N2O6S/c1-4-33-25(29)19-10-12-20(13-11-19)26-24(28)17-27(21-6-5-7-22(16-21)32-3)34(30,31)23-14-8-18(2)9-15-23/h5-16H,4,17H2,1-3H3,(H,26,28). The molecule has 34 heavy (non-hydrogen) atoms. The molecular weight excluding hydrogens is 456 g/mol. The SMILES string of the molecule is CCOC(=O)c1ccc(NC(=O)CN(c2cccc(OC)c2)S(=O)(=O)c2ccc(C)cc2)cc1. The highest BCUT2D eigenvalue weighted by Crippen LogP contribution is 2.27.